The van der Waals surface area contributed by atoms with Crippen molar-refractivity contribution in [3.8, 4) is 5.88 Å². The lowest BCUT2D eigenvalue weighted by Gasteiger charge is -2.10. The maximum absolute atomic E-state index is 5.92. The van der Waals surface area contributed by atoms with Crippen LogP contribution in [0.5, 0.6) is 5.88 Å². The molecule has 2 aromatic heterocycles. The van der Waals surface area contributed by atoms with Crippen LogP contribution in [0.25, 0.3) is 0 Å². The Bertz CT molecular complexity index is 502. The number of anilines is 2. The number of nitrogens with one attached hydrogen (secondary N) is 1. The van der Waals surface area contributed by atoms with E-state index >= 15 is 0 Å². The van der Waals surface area contributed by atoms with Gasteiger partial charge < -0.3 is 20.3 Å². The van der Waals surface area contributed by atoms with E-state index in [1.807, 2.05) is 6.92 Å². The lowest BCUT2D eigenvalue weighted by Crippen LogP contribution is -2.11. The molecule has 0 unspecified atom stereocenters. The molecule has 0 saturated heterocycles. The molecular weight excluding hydrogens is 248 g/mol. The lowest BCUT2D eigenvalue weighted by atomic mass is 10.4. The Morgan fingerprint density at radius 1 is 1.37 bits per heavy atom. The molecule has 0 fully saturated rings. The molecule has 2 rings (SSSR count). The van der Waals surface area contributed by atoms with Gasteiger partial charge in [0.1, 0.15) is 12.0 Å². The highest BCUT2D eigenvalue weighted by Crippen LogP contribution is 2.24. The van der Waals surface area contributed by atoms with Gasteiger partial charge in [-0.25, -0.2) is 4.98 Å². The smallest absolute Gasteiger partial charge is 0.242 e. The SMILES string of the molecule is CCCOc1ncnc(NCCc2ncon2)c1N. The van der Waals surface area contributed by atoms with E-state index in [9.17, 15) is 0 Å². The maximum atomic E-state index is 5.92. The summed E-state index contributed by atoms with van der Waals surface area (Å²) in [6.07, 6.45) is 4.22. The summed E-state index contributed by atoms with van der Waals surface area (Å²) in [5.41, 5.74) is 6.33. The maximum Gasteiger partial charge on any atom is 0.242 e. The van der Waals surface area contributed by atoms with Crippen LogP contribution in [-0.4, -0.2) is 33.3 Å². The van der Waals surface area contributed by atoms with Gasteiger partial charge in [-0.1, -0.05) is 12.1 Å². The first-order valence-electron chi connectivity index (χ1n) is 6.03. The Morgan fingerprint density at radius 3 is 3.00 bits per heavy atom. The molecule has 0 radical (unpaired) electrons. The summed E-state index contributed by atoms with van der Waals surface area (Å²) >= 11 is 0. The van der Waals surface area contributed by atoms with E-state index < -0.39 is 0 Å². The normalized spacial score (nSPS) is 10.4. The number of ether oxygens (including phenoxy) is 1. The van der Waals surface area contributed by atoms with Gasteiger partial charge in [0.15, 0.2) is 11.6 Å². The van der Waals surface area contributed by atoms with Crippen LogP contribution >= 0.6 is 0 Å². The van der Waals surface area contributed by atoms with E-state index in [4.69, 9.17) is 10.5 Å². The van der Waals surface area contributed by atoms with Crippen molar-refractivity contribution in [1.82, 2.24) is 20.1 Å². The number of nitrogens with zero attached hydrogens (tertiary/aromatic N) is 4. The zero-order valence-corrected chi connectivity index (χ0v) is 10.7. The van der Waals surface area contributed by atoms with E-state index in [0.29, 0.717) is 42.8 Å². The highest BCUT2D eigenvalue weighted by molar-refractivity contribution is 5.66. The van der Waals surface area contributed by atoms with Gasteiger partial charge >= 0.3 is 0 Å². The molecule has 0 spiro atoms. The third-order valence-electron chi connectivity index (χ3n) is 2.34. The fraction of sp³-hybridized carbons (Fsp3) is 0.455. The molecule has 19 heavy (non-hydrogen) atoms. The molecule has 0 aliphatic rings. The fourth-order valence-corrected chi connectivity index (χ4v) is 1.43. The first kappa shape index (κ1) is 13.1. The summed E-state index contributed by atoms with van der Waals surface area (Å²) < 4.78 is 10.1. The first-order chi connectivity index (χ1) is 9.31. The van der Waals surface area contributed by atoms with Gasteiger partial charge in [-0.05, 0) is 6.42 Å². The van der Waals surface area contributed by atoms with Gasteiger partial charge in [0, 0.05) is 13.0 Å². The molecule has 0 aromatic carbocycles. The summed E-state index contributed by atoms with van der Waals surface area (Å²) in [6, 6.07) is 0. The van der Waals surface area contributed by atoms with Crippen LogP contribution in [-0.2, 0) is 6.42 Å². The average Bonchev–Trinajstić information content (AvgIpc) is 2.92. The molecule has 8 heteroatoms. The van der Waals surface area contributed by atoms with Crippen LogP contribution in [0, 0.1) is 0 Å². The van der Waals surface area contributed by atoms with Gasteiger partial charge in [0.2, 0.25) is 12.3 Å². The number of nitrogen functional groups attached to an aromatic ring is 1. The number of hydrogen-bond acceptors (Lipinski definition) is 8. The van der Waals surface area contributed by atoms with E-state index in [1.54, 1.807) is 0 Å². The zero-order chi connectivity index (χ0) is 13.5. The summed E-state index contributed by atoms with van der Waals surface area (Å²) in [7, 11) is 0. The Morgan fingerprint density at radius 2 is 2.26 bits per heavy atom. The van der Waals surface area contributed by atoms with Crippen LogP contribution < -0.4 is 15.8 Å². The Labute approximate surface area is 110 Å². The topological polar surface area (TPSA) is 112 Å². The van der Waals surface area contributed by atoms with Gasteiger partial charge in [-0.15, -0.1) is 0 Å². The predicted molar refractivity (Wildman–Crippen MR) is 68.7 cm³/mol. The molecule has 0 aliphatic heterocycles. The summed E-state index contributed by atoms with van der Waals surface area (Å²) in [6.45, 7) is 3.18. The average molecular weight is 264 g/mol. The molecule has 2 heterocycles. The standard InChI is InChI=1S/C11H16N6O2/c1-2-5-18-11-9(12)10(14-6-15-11)13-4-3-8-16-7-19-17-8/h6-7H,2-5,12H2,1H3,(H,13,14,15). The third-order valence-corrected chi connectivity index (χ3v) is 2.34. The summed E-state index contributed by atoms with van der Waals surface area (Å²) in [5.74, 6) is 1.58. The van der Waals surface area contributed by atoms with Gasteiger partial charge in [-0.2, -0.15) is 9.97 Å². The number of nitrogens with two attached hydrogens (primary N) is 1. The van der Waals surface area contributed by atoms with E-state index in [1.165, 1.54) is 12.7 Å². The van der Waals surface area contributed by atoms with Crippen molar-refractivity contribution in [2.45, 2.75) is 19.8 Å². The van der Waals surface area contributed by atoms with E-state index in [0.717, 1.165) is 6.42 Å². The van der Waals surface area contributed by atoms with Gasteiger partial charge in [0.25, 0.3) is 0 Å². The highest BCUT2D eigenvalue weighted by Gasteiger charge is 2.09. The number of aromatic nitrogens is 4. The van der Waals surface area contributed by atoms with Crippen molar-refractivity contribution in [1.29, 1.82) is 0 Å². The second kappa shape index (κ2) is 6.53. The molecule has 8 nitrogen and oxygen atoms in total. The zero-order valence-electron chi connectivity index (χ0n) is 10.7. The van der Waals surface area contributed by atoms with E-state index in [2.05, 4.69) is 29.9 Å². The molecule has 3 N–H and O–H groups in total. The first-order valence-corrected chi connectivity index (χ1v) is 6.03. The Balaban J connectivity index is 1.92. The predicted octanol–water partition coefficient (Wildman–Crippen LogP) is 0.885. The van der Waals surface area contributed by atoms with Crippen LogP contribution in [0.3, 0.4) is 0 Å². The molecule has 0 bridgehead atoms. The third kappa shape index (κ3) is 3.54. The lowest BCUT2D eigenvalue weighted by molar-refractivity contribution is 0.306. The minimum Gasteiger partial charge on any atom is -0.476 e. The quantitative estimate of drug-likeness (QED) is 0.758. The summed E-state index contributed by atoms with van der Waals surface area (Å²) in [5, 5.41) is 6.80. The molecular formula is C11H16N6O2. The van der Waals surface area contributed by atoms with Crippen molar-refractivity contribution in [2.75, 3.05) is 24.2 Å². The van der Waals surface area contributed by atoms with Crippen LogP contribution in [0.4, 0.5) is 11.5 Å². The van der Waals surface area contributed by atoms with Crippen molar-refractivity contribution in [3.05, 3.63) is 18.5 Å². The largest absolute Gasteiger partial charge is 0.476 e. The molecule has 102 valence electrons. The number of hydrogen-bond donors (Lipinski definition) is 2. The molecule has 0 aliphatic carbocycles. The number of rotatable bonds is 7. The van der Waals surface area contributed by atoms with Crippen molar-refractivity contribution in [3.63, 3.8) is 0 Å². The van der Waals surface area contributed by atoms with Gasteiger partial charge in [0.05, 0.1) is 6.61 Å². The molecule has 0 atom stereocenters. The van der Waals surface area contributed by atoms with Crippen molar-refractivity contribution < 1.29 is 9.26 Å². The molecule has 0 amide bonds. The second-order valence-electron chi connectivity index (χ2n) is 3.81. The molecule has 2 aromatic rings. The summed E-state index contributed by atoms with van der Waals surface area (Å²) in [4.78, 5) is 12.0. The Hall–Kier alpha value is -2.38. The monoisotopic (exact) mass is 264 g/mol. The Kier molecular flexibility index (Phi) is 4.49. The van der Waals surface area contributed by atoms with Crippen LogP contribution in [0.15, 0.2) is 17.2 Å². The van der Waals surface area contributed by atoms with Gasteiger partial charge in [-0.3, -0.25) is 0 Å². The van der Waals surface area contributed by atoms with Crippen LogP contribution in [0.1, 0.15) is 19.2 Å². The van der Waals surface area contributed by atoms with Crippen molar-refractivity contribution >= 4 is 11.5 Å². The fourth-order valence-electron chi connectivity index (χ4n) is 1.43. The molecule has 0 saturated carbocycles. The van der Waals surface area contributed by atoms with E-state index in [-0.39, 0.29) is 0 Å². The van der Waals surface area contributed by atoms with Crippen LogP contribution in [0.2, 0.25) is 0 Å². The minimum absolute atomic E-state index is 0.402. The van der Waals surface area contributed by atoms with Crippen molar-refractivity contribution in [2.24, 2.45) is 0 Å². The second-order valence-corrected chi connectivity index (χ2v) is 3.81. The minimum atomic E-state index is 0.402. The highest BCUT2D eigenvalue weighted by atomic mass is 16.5.